The van der Waals surface area contributed by atoms with Gasteiger partial charge in [-0.2, -0.15) is 0 Å². The smallest absolute Gasteiger partial charge is 0.288 e. The fourth-order valence-electron chi connectivity index (χ4n) is 1.66. The van der Waals surface area contributed by atoms with Gasteiger partial charge in [0.05, 0.1) is 4.92 Å². The maximum absolute atomic E-state index is 12.2. The minimum absolute atomic E-state index is 0.0190. The van der Waals surface area contributed by atoms with Crippen molar-refractivity contribution in [2.75, 3.05) is 5.32 Å². The quantitative estimate of drug-likeness (QED) is 0.645. The number of hydrogen-bond donors (Lipinski definition) is 1. The summed E-state index contributed by atoms with van der Waals surface area (Å²) >= 11 is 7.02. The fraction of sp³-hybridized carbons (Fsp3) is 0.357. The molecule has 0 saturated carbocycles. The van der Waals surface area contributed by atoms with Crippen LogP contribution in [0.1, 0.15) is 42.6 Å². The molecular formula is C14H15ClN4O3S. The van der Waals surface area contributed by atoms with E-state index in [1.165, 1.54) is 23.5 Å². The molecule has 0 aliphatic rings. The molecular weight excluding hydrogens is 340 g/mol. The molecule has 2 rings (SSSR count). The number of nitrogens with zero attached hydrogens (tertiary/aromatic N) is 3. The Bertz CT molecular complexity index is 760. The van der Waals surface area contributed by atoms with Gasteiger partial charge in [-0.15, -0.1) is 10.2 Å². The monoisotopic (exact) mass is 354 g/mol. The van der Waals surface area contributed by atoms with Crippen molar-refractivity contribution < 1.29 is 9.72 Å². The molecule has 7 nitrogen and oxygen atoms in total. The first-order valence-corrected chi connectivity index (χ1v) is 8.03. The van der Waals surface area contributed by atoms with Crippen LogP contribution in [0.25, 0.3) is 0 Å². The highest BCUT2D eigenvalue weighted by atomic mass is 35.5. The summed E-state index contributed by atoms with van der Waals surface area (Å²) in [5.74, 6) is -0.498. The topological polar surface area (TPSA) is 98.0 Å². The highest BCUT2D eigenvalue weighted by molar-refractivity contribution is 7.15. The van der Waals surface area contributed by atoms with E-state index in [1.807, 2.05) is 20.8 Å². The van der Waals surface area contributed by atoms with Crippen LogP contribution in [0.4, 0.5) is 10.8 Å². The molecule has 0 atom stereocenters. The Kier molecular flexibility index (Phi) is 4.96. The summed E-state index contributed by atoms with van der Waals surface area (Å²) in [5, 5.41) is 22.7. The van der Waals surface area contributed by atoms with Crippen molar-refractivity contribution in [3.8, 4) is 0 Å². The highest BCUT2D eigenvalue weighted by Crippen LogP contribution is 2.31. The van der Waals surface area contributed by atoms with Gasteiger partial charge in [0.15, 0.2) is 0 Å². The lowest BCUT2D eigenvalue weighted by Crippen LogP contribution is -2.14. The van der Waals surface area contributed by atoms with Gasteiger partial charge in [0.2, 0.25) is 5.13 Å². The second kappa shape index (κ2) is 6.59. The van der Waals surface area contributed by atoms with Crippen molar-refractivity contribution >= 4 is 39.7 Å². The molecule has 0 radical (unpaired) electrons. The van der Waals surface area contributed by atoms with Gasteiger partial charge >= 0.3 is 0 Å². The molecule has 0 saturated heterocycles. The average molecular weight is 355 g/mol. The first kappa shape index (κ1) is 17.3. The predicted octanol–water partition coefficient (Wildman–Crippen LogP) is 4.04. The number of aromatic nitrogens is 2. The van der Waals surface area contributed by atoms with Crippen molar-refractivity contribution in [3.63, 3.8) is 0 Å². The molecule has 122 valence electrons. The molecule has 1 aromatic carbocycles. The van der Waals surface area contributed by atoms with Crippen molar-refractivity contribution in [3.05, 3.63) is 43.9 Å². The van der Waals surface area contributed by atoms with Crippen LogP contribution in [0.5, 0.6) is 0 Å². The SMILES string of the molecule is CCC(C)(C)c1nnc(NC(=O)c2ccc(Cl)c([N+](=O)[O-])c2)s1. The van der Waals surface area contributed by atoms with Crippen LogP contribution in [-0.4, -0.2) is 21.0 Å². The number of nitrogens with one attached hydrogen (secondary N) is 1. The number of rotatable bonds is 5. The molecule has 0 unspecified atom stereocenters. The summed E-state index contributed by atoms with van der Waals surface area (Å²) in [6.45, 7) is 6.13. The number of hydrogen-bond acceptors (Lipinski definition) is 6. The average Bonchev–Trinajstić information content (AvgIpc) is 2.96. The largest absolute Gasteiger partial charge is 0.296 e. The Morgan fingerprint density at radius 1 is 1.43 bits per heavy atom. The molecule has 9 heteroatoms. The van der Waals surface area contributed by atoms with Crippen molar-refractivity contribution in [2.45, 2.75) is 32.6 Å². The number of amides is 1. The van der Waals surface area contributed by atoms with E-state index in [0.29, 0.717) is 5.13 Å². The predicted molar refractivity (Wildman–Crippen MR) is 89.3 cm³/mol. The maximum Gasteiger partial charge on any atom is 0.288 e. The first-order valence-electron chi connectivity index (χ1n) is 6.84. The summed E-state index contributed by atoms with van der Waals surface area (Å²) in [4.78, 5) is 22.4. The molecule has 0 fully saturated rings. The number of nitro benzene ring substituents is 1. The summed E-state index contributed by atoms with van der Waals surface area (Å²) in [7, 11) is 0. The fourth-order valence-corrected chi connectivity index (χ4v) is 2.76. The Labute approximate surface area is 141 Å². The second-order valence-corrected chi connectivity index (χ2v) is 6.91. The van der Waals surface area contributed by atoms with E-state index in [4.69, 9.17) is 11.6 Å². The lowest BCUT2D eigenvalue weighted by atomic mass is 9.91. The van der Waals surface area contributed by atoms with E-state index in [-0.39, 0.29) is 21.7 Å². The standard InChI is InChI=1S/C14H15ClN4O3S/c1-4-14(2,3)12-17-18-13(23-12)16-11(20)8-5-6-9(15)10(7-8)19(21)22/h5-7H,4H2,1-3H3,(H,16,18,20). The Morgan fingerprint density at radius 2 is 2.13 bits per heavy atom. The van der Waals surface area contributed by atoms with Crippen LogP contribution < -0.4 is 5.32 Å². The summed E-state index contributed by atoms with van der Waals surface area (Å²) in [6, 6.07) is 3.87. The van der Waals surface area contributed by atoms with Gasteiger partial charge in [0.1, 0.15) is 10.0 Å². The molecule has 0 spiro atoms. The minimum Gasteiger partial charge on any atom is -0.296 e. The third-order valence-corrected chi connectivity index (χ3v) is 5.04. The van der Waals surface area contributed by atoms with Crippen LogP contribution in [0.3, 0.4) is 0 Å². The summed E-state index contributed by atoms with van der Waals surface area (Å²) in [6.07, 6.45) is 0.888. The molecule has 1 heterocycles. The summed E-state index contributed by atoms with van der Waals surface area (Å²) in [5.41, 5.74) is -0.309. The molecule has 0 aliphatic heterocycles. The number of halogens is 1. The van der Waals surface area contributed by atoms with Crippen LogP contribution in [0.2, 0.25) is 5.02 Å². The van der Waals surface area contributed by atoms with E-state index in [2.05, 4.69) is 15.5 Å². The highest BCUT2D eigenvalue weighted by Gasteiger charge is 2.24. The minimum atomic E-state index is -0.633. The van der Waals surface area contributed by atoms with E-state index in [1.54, 1.807) is 0 Å². The van der Waals surface area contributed by atoms with Gasteiger partial charge in [-0.25, -0.2) is 0 Å². The van der Waals surface area contributed by atoms with Crippen molar-refractivity contribution in [1.82, 2.24) is 10.2 Å². The third kappa shape index (κ3) is 3.83. The normalized spacial score (nSPS) is 11.3. The summed E-state index contributed by atoms with van der Waals surface area (Å²) < 4.78 is 0. The number of benzene rings is 1. The van der Waals surface area contributed by atoms with Gasteiger partial charge in [-0.1, -0.05) is 43.7 Å². The van der Waals surface area contributed by atoms with Crippen LogP contribution >= 0.6 is 22.9 Å². The zero-order chi connectivity index (χ0) is 17.2. The zero-order valence-corrected chi connectivity index (χ0v) is 14.4. The molecule has 0 aliphatic carbocycles. The number of anilines is 1. The molecule has 0 bridgehead atoms. The molecule has 1 amide bonds. The second-order valence-electron chi connectivity index (χ2n) is 5.53. The van der Waals surface area contributed by atoms with E-state index in [9.17, 15) is 14.9 Å². The van der Waals surface area contributed by atoms with Gasteiger partial charge in [0, 0.05) is 17.0 Å². The maximum atomic E-state index is 12.2. The zero-order valence-electron chi connectivity index (χ0n) is 12.8. The van der Waals surface area contributed by atoms with Crippen molar-refractivity contribution in [2.24, 2.45) is 0 Å². The molecule has 23 heavy (non-hydrogen) atoms. The van der Waals surface area contributed by atoms with E-state index >= 15 is 0 Å². The van der Waals surface area contributed by atoms with Gasteiger partial charge in [-0.05, 0) is 18.6 Å². The Balaban J connectivity index is 2.20. The van der Waals surface area contributed by atoms with Gasteiger partial charge in [-0.3, -0.25) is 20.2 Å². The molecule has 1 N–H and O–H groups in total. The molecule has 1 aromatic heterocycles. The Morgan fingerprint density at radius 3 is 2.74 bits per heavy atom. The van der Waals surface area contributed by atoms with Gasteiger partial charge in [0.25, 0.3) is 11.6 Å². The number of carbonyl (C=O) groups is 1. The van der Waals surface area contributed by atoms with E-state index in [0.717, 1.165) is 17.5 Å². The lowest BCUT2D eigenvalue weighted by molar-refractivity contribution is -0.384. The Hall–Kier alpha value is -2.06. The van der Waals surface area contributed by atoms with E-state index < -0.39 is 10.8 Å². The number of carbonyl (C=O) groups excluding carboxylic acids is 1. The van der Waals surface area contributed by atoms with Crippen LogP contribution in [-0.2, 0) is 5.41 Å². The van der Waals surface area contributed by atoms with Crippen LogP contribution in [0.15, 0.2) is 18.2 Å². The van der Waals surface area contributed by atoms with Gasteiger partial charge < -0.3 is 0 Å². The lowest BCUT2D eigenvalue weighted by Gasteiger charge is -2.17. The molecule has 2 aromatic rings. The van der Waals surface area contributed by atoms with Crippen LogP contribution in [0, 0.1) is 10.1 Å². The van der Waals surface area contributed by atoms with Crippen molar-refractivity contribution in [1.29, 1.82) is 0 Å². The first-order chi connectivity index (χ1) is 10.7. The number of nitro groups is 1. The third-order valence-electron chi connectivity index (χ3n) is 3.51.